The SMILES string of the molecule is CCn1c(-c2cccnc2[C@H](C)OC)c2c3cc(c(Cl)cc31)-c1cc(O)cc(c1)C[C@H](NC(=O)[C@H](C(C)C)N(C)C(=O)[C@H]1CCN(C(=O)C#CCN(C)C)C1)C(=O)N1CCC[C@H](N1)C(=O)OCC(C)(C)C2. The van der Waals surface area contributed by atoms with Gasteiger partial charge in [0.1, 0.15) is 23.9 Å². The zero-order valence-corrected chi connectivity index (χ0v) is 43.5. The van der Waals surface area contributed by atoms with Gasteiger partial charge in [0, 0.05) is 74.9 Å². The number of carbonyl (C=O) groups is 5. The first kappa shape index (κ1) is 52.8. The van der Waals surface area contributed by atoms with Gasteiger partial charge >= 0.3 is 5.97 Å². The third-order valence-electron chi connectivity index (χ3n) is 13.8. The standard InChI is InChI=1S/C54H69ClN8O8/c1-11-62-45-28-42(55)39-27-40(45)41(49(62)38-15-12-19-56-47(38)33(4)70-10)29-54(5,6)31-71-53(69)43-16-13-21-63(58-43)52(68)44(25-34-23-36(39)26-37(64)24-34)57-50(66)48(32(2)3)60(9)51(67)35-18-22-61(30-35)46(65)17-14-20-59(7)8/h12,15,19,23-24,26-28,32-33,35,43-44,48,58,64H,11,13,16,18,20-22,25,29-31H2,1-10H3,(H,57,66)/t33-,35-,43-,44-,48-/m0/s1. The predicted molar refractivity (Wildman–Crippen MR) is 273 cm³/mol. The lowest BCUT2D eigenvalue weighted by molar-refractivity contribution is -0.155. The highest BCUT2D eigenvalue weighted by atomic mass is 35.5. The van der Waals surface area contributed by atoms with E-state index in [4.69, 9.17) is 26.1 Å². The van der Waals surface area contributed by atoms with E-state index < -0.39 is 47.2 Å². The molecule has 0 saturated carbocycles. The Balaban J connectivity index is 1.28. The number of hydrogen-bond acceptors (Lipinski definition) is 11. The molecule has 0 spiro atoms. The van der Waals surface area contributed by atoms with Gasteiger partial charge in [-0.2, -0.15) is 0 Å². The molecule has 4 amide bonds. The Hall–Kier alpha value is -5.99. The number of hydrogen-bond donors (Lipinski definition) is 3. The number of cyclic esters (lactones) is 1. The topological polar surface area (TPSA) is 179 Å². The Bertz CT molecular complexity index is 2740. The molecule has 2 fully saturated rings. The Morgan fingerprint density at radius 2 is 1.83 bits per heavy atom. The van der Waals surface area contributed by atoms with E-state index in [1.165, 1.54) is 9.91 Å². The zero-order valence-electron chi connectivity index (χ0n) is 42.7. The van der Waals surface area contributed by atoms with E-state index in [0.717, 1.165) is 33.4 Å². The molecule has 16 nitrogen and oxygen atoms in total. The maximum Gasteiger partial charge on any atom is 0.324 e. The van der Waals surface area contributed by atoms with Crippen LogP contribution >= 0.6 is 11.6 Å². The van der Waals surface area contributed by atoms with Crippen molar-refractivity contribution in [1.82, 2.24) is 40.0 Å². The lowest BCUT2D eigenvalue weighted by Crippen LogP contribution is -2.62. The first-order valence-corrected chi connectivity index (χ1v) is 25.0. The van der Waals surface area contributed by atoms with Crippen molar-refractivity contribution in [1.29, 1.82) is 0 Å². The number of aryl methyl sites for hydroxylation is 1. The number of ether oxygens (including phenoxy) is 2. The quantitative estimate of drug-likeness (QED) is 0.125. The number of rotatable bonds is 10. The van der Waals surface area contributed by atoms with Gasteiger partial charge in [-0.3, -0.25) is 38.9 Å². The van der Waals surface area contributed by atoms with Crippen molar-refractivity contribution in [2.24, 2.45) is 17.3 Å². The van der Waals surface area contributed by atoms with Crippen molar-refractivity contribution in [2.45, 2.75) is 104 Å². The highest BCUT2D eigenvalue weighted by Crippen LogP contribution is 2.44. The van der Waals surface area contributed by atoms with E-state index in [1.807, 2.05) is 70.1 Å². The molecule has 2 aromatic carbocycles. The summed E-state index contributed by atoms with van der Waals surface area (Å²) < 4.78 is 14.2. The summed E-state index contributed by atoms with van der Waals surface area (Å²) in [6.45, 7) is 13.7. The van der Waals surface area contributed by atoms with Gasteiger partial charge < -0.3 is 34.3 Å². The summed E-state index contributed by atoms with van der Waals surface area (Å²) in [7, 11) is 6.95. The van der Waals surface area contributed by atoms with Crippen LogP contribution in [0.4, 0.5) is 0 Å². The molecule has 380 valence electrons. The lowest BCUT2D eigenvalue weighted by atomic mass is 9.84. The van der Waals surface area contributed by atoms with E-state index in [9.17, 15) is 29.1 Å². The third kappa shape index (κ3) is 11.7. The summed E-state index contributed by atoms with van der Waals surface area (Å²) in [5, 5.41) is 17.1. The summed E-state index contributed by atoms with van der Waals surface area (Å²) in [5.41, 5.74) is 8.81. The molecule has 5 atom stereocenters. The van der Waals surface area contributed by atoms with Crippen LogP contribution in [0.5, 0.6) is 5.75 Å². The van der Waals surface area contributed by atoms with Gasteiger partial charge in [0.25, 0.3) is 11.8 Å². The number of aromatic hydroxyl groups is 1. The minimum absolute atomic E-state index is 0.0621. The van der Waals surface area contributed by atoms with Crippen molar-refractivity contribution >= 4 is 52.1 Å². The molecule has 2 saturated heterocycles. The number of amides is 4. The van der Waals surface area contributed by atoms with Crippen molar-refractivity contribution in [3.63, 3.8) is 0 Å². The number of likely N-dealkylation sites (N-methyl/N-ethyl adjacent to an activating group) is 1. The van der Waals surface area contributed by atoms with Gasteiger partial charge in [-0.1, -0.05) is 51.3 Å². The van der Waals surface area contributed by atoms with Crippen molar-refractivity contribution in [3.05, 3.63) is 70.5 Å². The lowest BCUT2D eigenvalue weighted by Gasteiger charge is -2.37. The van der Waals surface area contributed by atoms with Gasteiger partial charge in [-0.05, 0) is 119 Å². The van der Waals surface area contributed by atoms with Gasteiger partial charge in [0.2, 0.25) is 11.8 Å². The molecule has 5 heterocycles. The molecule has 71 heavy (non-hydrogen) atoms. The first-order valence-electron chi connectivity index (χ1n) is 24.6. The average Bonchev–Trinajstić information content (AvgIpc) is 3.94. The van der Waals surface area contributed by atoms with Crippen LogP contribution in [0.3, 0.4) is 0 Å². The van der Waals surface area contributed by atoms with Crippen molar-refractivity contribution in [3.8, 4) is 40.0 Å². The molecule has 0 unspecified atom stereocenters. The Kier molecular flexibility index (Phi) is 16.5. The highest BCUT2D eigenvalue weighted by Gasteiger charge is 2.40. The number of phenols is 1. The molecular formula is C54H69ClN8O8. The minimum Gasteiger partial charge on any atom is -0.508 e. The fourth-order valence-electron chi connectivity index (χ4n) is 10.2. The van der Waals surface area contributed by atoms with Crippen LogP contribution in [0.15, 0.2) is 48.7 Å². The first-order chi connectivity index (χ1) is 33.7. The molecule has 3 N–H and O–H groups in total. The summed E-state index contributed by atoms with van der Waals surface area (Å²) in [4.78, 5) is 80.1. The number of hydrazine groups is 1. The monoisotopic (exact) mass is 992 g/mol. The second kappa shape index (κ2) is 22.2. The predicted octanol–water partition coefficient (Wildman–Crippen LogP) is 6.00. The van der Waals surface area contributed by atoms with Crippen LogP contribution in [0.2, 0.25) is 5.02 Å². The number of fused-ring (bicyclic) bond motifs is 6. The van der Waals surface area contributed by atoms with Gasteiger partial charge in [-0.15, -0.1) is 0 Å². The van der Waals surface area contributed by atoms with Crippen LogP contribution in [0.1, 0.15) is 83.7 Å². The van der Waals surface area contributed by atoms with Crippen molar-refractivity contribution < 1.29 is 38.6 Å². The van der Waals surface area contributed by atoms with Crippen molar-refractivity contribution in [2.75, 3.05) is 61.0 Å². The van der Waals surface area contributed by atoms with E-state index >= 15 is 0 Å². The molecule has 0 radical (unpaired) electrons. The van der Waals surface area contributed by atoms with E-state index in [1.54, 1.807) is 37.4 Å². The molecule has 7 rings (SSSR count). The van der Waals surface area contributed by atoms with Crippen LogP contribution in [-0.2, 0) is 52.8 Å². The number of likely N-dealkylation sites (tertiary alicyclic amines) is 1. The summed E-state index contributed by atoms with van der Waals surface area (Å²) in [5.74, 6) is 2.32. The Morgan fingerprint density at radius 1 is 1.07 bits per heavy atom. The number of phenolic OH excluding ortho intramolecular Hbond substituents is 1. The number of nitrogens with zero attached hydrogens (tertiary/aromatic N) is 6. The Labute approximate surface area is 422 Å². The highest BCUT2D eigenvalue weighted by molar-refractivity contribution is 6.34. The number of esters is 1. The summed E-state index contributed by atoms with van der Waals surface area (Å²) in [6, 6.07) is 9.93. The maximum absolute atomic E-state index is 14.8. The number of benzene rings is 2. The molecule has 17 heteroatoms. The summed E-state index contributed by atoms with van der Waals surface area (Å²) in [6.07, 6.45) is 3.20. The molecule has 4 aromatic rings. The maximum atomic E-state index is 14.8. The average molecular weight is 994 g/mol. The number of carbonyl (C=O) groups excluding carboxylic acids is 5. The molecule has 0 aliphatic carbocycles. The number of pyridine rings is 1. The van der Waals surface area contributed by atoms with Crippen LogP contribution < -0.4 is 10.7 Å². The summed E-state index contributed by atoms with van der Waals surface area (Å²) >= 11 is 7.26. The largest absolute Gasteiger partial charge is 0.508 e. The molecule has 3 aliphatic heterocycles. The normalized spacial score (nSPS) is 20.3. The second-order valence-corrected chi connectivity index (χ2v) is 21.0. The number of halogens is 1. The van der Waals surface area contributed by atoms with Gasteiger partial charge in [0.05, 0.1) is 47.1 Å². The smallest absolute Gasteiger partial charge is 0.324 e. The van der Waals surface area contributed by atoms with E-state index in [-0.39, 0.29) is 55.7 Å². The van der Waals surface area contributed by atoms with Gasteiger partial charge in [0.15, 0.2) is 0 Å². The molecular weight excluding hydrogens is 924 g/mol. The number of aromatic nitrogens is 2. The van der Waals surface area contributed by atoms with E-state index in [2.05, 4.69) is 47.9 Å². The van der Waals surface area contributed by atoms with Crippen LogP contribution in [-0.4, -0.2) is 143 Å². The third-order valence-corrected chi connectivity index (χ3v) is 14.1. The fraction of sp³-hybridized carbons (Fsp3) is 0.519. The Morgan fingerprint density at radius 3 is 2.54 bits per heavy atom. The van der Waals surface area contributed by atoms with Crippen LogP contribution in [0.25, 0.3) is 33.3 Å². The van der Waals surface area contributed by atoms with Gasteiger partial charge in [-0.25, -0.2) is 5.43 Å². The minimum atomic E-state index is -1.21. The molecule has 6 bridgehead atoms. The number of methoxy groups -OCH3 is 1. The van der Waals surface area contributed by atoms with E-state index in [0.29, 0.717) is 67.0 Å². The zero-order chi connectivity index (χ0) is 51.5. The fourth-order valence-corrected chi connectivity index (χ4v) is 10.5. The molecule has 3 aliphatic rings. The second-order valence-electron chi connectivity index (χ2n) is 20.6. The number of nitrogens with one attached hydrogen (secondary N) is 2. The van der Waals surface area contributed by atoms with Crippen LogP contribution in [0, 0.1) is 29.1 Å². The molecule has 2 aromatic heterocycles.